The van der Waals surface area contributed by atoms with Crippen LogP contribution >= 0.6 is 0 Å². The van der Waals surface area contributed by atoms with Gasteiger partial charge < -0.3 is 10.0 Å². The first kappa shape index (κ1) is 14.0. The van der Waals surface area contributed by atoms with Crippen LogP contribution in [0.3, 0.4) is 0 Å². The molecular formula is C15H21FN2O. The van der Waals surface area contributed by atoms with Crippen molar-refractivity contribution in [2.24, 2.45) is 11.8 Å². The largest absolute Gasteiger partial charge is 0.392 e. The molecule has 4 heteroatoms. The van der Waals surface area contributed by atoms with Gasteiger partial charge in [-0.05, 0) is 30.4 Å². The van der Waals surface area contributed by atoms with E-state index in [4.69, 9.17) is 0 Å². The molecule has 3 nitrogen and oxygen atoms in total. The van der Waals surface area contributed by atoms with Crippen LogP contribution in [0.5, 0.6) is 0 Å². The standard InChI is InChI=1S/C15H21FN2O/c1-9(2)13-5-12(16)6-14(17-13)18-7-10(3)15(19)11(4)8-18/h5-6,10-11,15,19H,1,7-8H2,2-4H3/t10-,11+,15?. The molecule has 0 saturated carbocycles. The van der Waals surface area contributed by atoms with Gasteiger partial charge in [0.2, 0.25) is 0 Å². The highest BCUT2D eigenvalue weighted by Gasteiger charge is 2.31. The highest BCUT2D eigenvalue weighted by atomic mass is 19.1. The zero-order valence-electron chi connectivity index (χ0n) is 11.7. The number of pyridine rings is 1. The highest BCUT2D eigenvalue weighted by molar-refractivity contribution is 5.60. The van der Waals surface area contributed by atoms with Gasteiger partial charge in [0.1, 0.15) is 11.6 Å². The molecule has 104 valence electrons. The van der Waals surface area contributed by atoms with Gasteiger partial charge in [-0.15, -0.1) is 0 Å². The van der Waals surface area contributed by atoms with E-state index in [1.807, 2.05) is 25.7 Å². The number of aliphatic hydroxyl groups excluding tert-OH is 1. The Bertz CT molecular complexity index is 477. The predicted octanol–water partition coefficient (Wildman–Crippen LogP) is 2.71. The monoisotopic (exact) mass is 264 g/mol. The molecule has 1 aliphatic heterocycles. The average molecular weight is 264 g/mol. The van der Waals surface area contributed by atoms with E-state index in [1.165, 1.54) is 12.1 Å². The Kier molecular flexibility index (Phi) is 3.90. The van der Waals surface area contributed by atoms with E-state index in [-0.39, 0.29) is 23.8 Å². The number of nitrogens with zero attached hydrogens (tertiary/aromatic N) is 2. The van der Waals surface area contributed by atoms with E-state index in [2.05, 4.69) is 11.6 Å². The molecule has 1 unspecified atom stereocenters. The minimum atomic E-state index is -0.301. The van der Waals surface area contributed by atoms with Gasteiger partial charge in [0.25, 0.3) is 0 Å². The highest BCUT2D eigenvalue weighted by Crippen LogP contribution is 2.27. The lowest BCUT2D eigenvalue weighted by atomic mass is 9.88. The fourth-order valence-corrected chi connectivity index (χ4v) is 2.60. The summed E-state index contributed by atoms with van der Waals surface area (Å²) in [6.07, 6.45) is -0.301. The van der Waals surface area contributed by atoms with E-state index >= 15 is 0 Å². The van der Waals surface area contributed by atoms with Crippen LogP contribution in [-0.2, 0) is 0 Å². The molecule has 1 fully saturated rings. The summed E-state index contributed by atoms with van der Waals surface area (Å²) in [5.74, 6) is 0.641. The number of piperidine rings is 1. The van der Waals surface area contributed by atoms with Crippen molar-refractivity contribution in [1.82, 2.24) is 4.98 Å². The van der Waals surface area contributed by atoms with E-state index in [1.54, 1.807) is 0 Å². The molecule has 0 amide bonds. The number of hydrogen-bond donors (Lipinski definition) is 1. The van der Waals surface area contributed by atoms with Gasteiger partial charge in [-0.1, -0.05) is 20.4 Å². The van der Waals surface area contributed by atoms with Crippen molar-refractivity contribution in [3.8, 4) is 0 Å². The number of aromatic nitrogens is 1. The molecule has 3 atom stereocenters. The van der Waals surface area contributed by atoms with Gasteiger partial charge in [-0.2, -0.15) is 0 Å². The summed E-state index contributed by atoms with van der Waals surface area (Å²) in [5.41, 5.74) is 1.33. The molecule has 0 radical (unpaired) electrons. The summed E-state index contributed by atoms with van der Waals surface area (Å²) in [5, 5.41) is 9.97. The third-order valence-corrected chi connectivity index (χ3v) is 3.72. The van der Waals surface area contributed by atoms with E-state index in [0.717, 1.165) is 5.57 Å². The molecule has 19 heavy (non-hydrogen) atoms. The fourth-order valence-electron chi connectivity index (χ4n) is 2.60. The summed E-state index contributed by atoms with van der Waals surface area (Å²) in [7, 11) is 0. The molecule has 1 N–H and O–H groups in total. The van der Waals surface area contributed by atoms with Crippen molar-refractivity contribution in [2.45, 2.75) is 26.9 Å². The van der Waals surface area contributed by atoms with Crippen LogP contribution in [0.2, 0.25) is 0 Å². The molecule has 1 aromatic heterocycles. The van der Waals surface area contributed by atoms with Gasteiger partial charge in [0, 0.05) is 19.2 Å². The Morgan fingerprint density at radius 2 is 1.95 bits per heavy atom. The van der Waals surface area contributed by atoms with Gasteiger partial charge in [-0.25, -0.2) is 9.37 Å². The van der Waals surface area contributed by atoms with E-state index in [0.29, 0.717) is 24.6 Å². The fraction of sp³-hybridized carbons (Fsp3) is 0.533. The molecule has 2 heterocycles. The molecule has 0 aliphatic carbocycles. The minimum Gasteiger partial charge on any atom is -0.392 e. The number of rotatable bonds is 2. The quantitative estimate of drug-likeness (QED) is 0.892. The summed E-state index contributed by atoms with van der Waals surface area (Å²) in [6, 6.07) is 2.85. The second-order valence-corrected chi connectivity index (χ2v) is 5.66. The first-order valence-corrected chi connectivity index (χ1v) is 6.65. The summed E-state index contributed by atoms with van der Waals surface area (Å²) in [4.78, 5) is 6.49. The Morgan fingerprint density at radius 3 is 2.47 bits per heavy atom. The topological polar surface area (TPSA) is 36.4 Å². The van der Waals surface area contributed by atoms with Gasteiger partial charge in [0.05, 0.1) is 11.8 Å². The molecule has 0 aromatic carbocycles. The van der Waals surface area contributed by atoms with Crippen LogP contribution < -0.4 is 4.90 Å². The molecular weight excluding hydrogens is 243 g/mol. The normalized spacial score (nSPS) is 27.4. The van der Waals surface area contributed by atoms with Crippen LogP contribution in [0.1, 0.15) is 26.5 Å². The molecule has 1 aromatic rings. The SMILES string of the molecule is C=C(C)c1cc(F)cc(N2C[C@@H](C)C(O)[C@@H](C)C2)n1. The van der Waals surface area contributed by atoms with E-state index < -0.39 is 0 Å². The van der Waals surface area contributed by atoms with Crippen molar-refractivity contribution < 1.29 is 9.50 Å². The number of halogens is 1. The maximum absolute atomic E-state index is 13.7. The van der Waals surface area contributed by atoms with Crippen LogP contribution in [0.25, 0.3) is 5.57 Å². The number of allylic oxidation sites excluding steroid dienone is 1. The van der Waals surface area contributed by atoms with Crippen molar-refractivity contribution in [1.29, 1.82) is 0 Å². The molecule has 1 saturated heterocycles. The lowest BCUT2D eigenvalue weighted by Crippen LogP contribution is -2.47. The summed E-state index contributed by atoms with van der Waals surface area (Å²) < 4.78 is 13.7. The maximum atomic E-state index is 13.7. The van der Waals surface area contributed by atoms with Gasteiger partial charge >= 0.3 is 0 Å². The lowest BCUT2D eigenvalue weighted by Gasteiger charge is -2.39. The third kappa shape index (κ3) is 2.95. The summed E-state index contributed by atoms with van der Waals surface area (Å²) in [6.45, 7) is 11.0. The van der Waals surface area contributed by atoms with E-state index in [9.17, 15) is 9.50 Å². The maximum Gasteiger partial charge on any atom is 0.132 e. The van der Waals surface area contributed by atoms with Crippen LogP contribution in [-0.4, -0.2) is 29.3 Å². The van der Waals surface area contributed by atoms with Crippen LogP contribution in [0.15, 0.2) is 18.7 Å². The second kappa shape index (κ2) is 5.29. The Balaban J connectivity index is 2.29. The van der Waals surface area contributed by atoms with Crippen molar-refractivity contribution >= 4 is 11.4 Å². The van der Waals surface area contributed by atoms with Crippen molar-refractivity contribution in [2.75, 3.05) is 18.0 Å². The number of hydrogen-bond acceptors (Lipinski definition) is 3. The number of anilines is 1. The third-order valence-electron chi connectivity index (χ3n) is 3.72. The minimum absolute atomic E-state index is 0.155. The zero-order chi connectivity index (χ0) is 14.2. The van der Waals surface area contributed by atoms with Crippen molar-refractivity contribution in [3.05, 3.63) is 30.2 Å². The molecule has 2 rings (SSSR count). The van der Waals surface area contributed by atoms with Crippen LogP contribution in [0.4, 0.5) is 10.2 Å². The summed E-state index contributed by atoms with van der Waals surface area (Å²) >= 11 is 0. The smallest absolute Gasteiger partial charge is 0.132 e. The predicted molar refractivity (Wildman–Crippen MR) is 75.5 cm³/mol. The second-order valence-electron chi connectivity index (χ2n) is 5.66. The molecule has 0 spiro atoms. The van der Waals surface area contributed by atoms with Gasteiger partial charge in [-0.3, -0.25) is 0 Å². The molecule has 1 aliphatic rings. The lowest BCUT2D eigenvalue weighted by molar-refractivity contribution is 0.0527. The zero-order valence-corrected chi connectivity index (χ0v) is 11.7. The molecule has 0 bridgehead atoms. The van der Waals surface area contributed by atoms with Crippen LogP contribution in [0, 0.1) is 17.7 Å². The average Bonchev–Trinajstić information content (AvgIpc) is 2.34. The van der Waals surface area contributed by atoms with Gasteiger partial charge in [0.15, 0.2) is 0 Å². The first-order chi connectivity index (χ1) is 8.88. The Morgan fingerprint density at radius 1 is 1.37 bits per heavy atom. The van der Waals surface area contributed by atoms with Crippen molar-refractivity contribution in [3.63, 3.8) is 0 Å². The Hall–Kier alpha value is -1.42. The number of aliphatic hydroxyl groups is 1. The first-order valence-electron chi connectivity index (χ1n) is 6.65. The Labute approximate surface area is 113 Å².